The molecule has 1 amide bonds. The molecule has 0 unspecified atom stereocenters. The summed E-state index contributed by atoms with van der Waals surface area (Å²) in [5.74, 6) is -0.595. The minimum Gasteiger partial charge on any atom is -0.495 e. The quantitative estimate of drug-likeness (QED) is 0.825. The average molecular weight is 287 g/mol. The lowest BCUT2D eigenvalue weighted by atomic mass is 10.2. The zero-order valence-electron chi connectivity index (χ0n) is 11.2. The van der Waals surface area contributed by atoms with Crippen LogP contribution in [0.5, 0.6) is 5.75 Å². The fraction of sp³-hybridized carbons (Fsp3) is 0.0667. The lowest BCUT2D eigenvalue weighted by Crippen LogP contribution is -2.10. The van der Waals surface area contributed by atoms with Crippen molar-refractivity contribution >= 4 is 23.6 Å². The van der Waals surface area contributed by atoms with Crippen molar-refractivity contribution < 1.29 is 23.8 Å². The second kappa shape index (κ2) is 6.42. The Morgan fingerprint density at radius 2 is 2.14 bits per heavy atom. The van der Waals surface area contributed by atoms with E-state index in [1.54, 1.807) is 12.1 Å². The molecule has 0 aliphatic heterocycles. The zero-order valence-corrected chi connectivity index (χ0v) is 11.2. The molecule has 0 bridgehead atoms. The molecule has 0 saturated heterocycles. The van der Waals surface area contributed by atoms with Crippen molar-refractivity contribution in [1.82, 2.24) is 0 Å². The topological polar surface area (TPSA) is 88.8 Å². The van der Waals surface area contributed by atoms with Crippen LogP contribution in [-0.2, 0) is 4.79 Å². The lowest BCUT2D eigenvalue weighted by molar-refractivity contribution is -0.111. The molecule has 1 aromatic heterocycles. The molecule has 0 aliphatic rings. The van der Waals surface area contributed by atoms with Gasteiger partial charge in [0.15, 0.2) is 0 Å². The van der Waals surface area contributed by atoms with Crippen molar-refractivity contribution in [1.29, 1.82) is 0 Å². The third kappa shape index (κ3) is 3.73. The second-order valence-corrected chi connectivity index (χ2v) is 4.06. The maximum atomic E-state index is 11.8. The highest BCUT2D eigenvalue weighted by molar-refractivity contribution is 6.03. The summed E-state index contributed by atoms with van der Waals surface area (Å²) in [5, 5.41) is 11.5. The van der Waals surface area contributed by atoms with Crippen LogP contribution in [0.1, 0.15) is 16.1 Å². The number of anilines is 1. The lowest BCUT2D eigenvalue weighted by Gasteiger charge is -2.09. The molecule has 108 valence electrons. The fourth-order valence-electron chi connectivity index (χ4n) is 1.66. The summed E-state index contributed by atoms with van der Waals surface area (Å²) in [6.07, 6.45) is 4.28. The van der Waals surface area contributed by atoms with Crippen LogP contribution in [0.15, 0.2) is 47.1 Å². The van der Waals surface area contributed by atoms with Crippen molar-refractivity contribution in [3.63, 3.8) is 0 Å². The van der Waals surface area contributed by atoms with Crippen LogP contribution in [-0.4, -0.2) is 24.1 Å². The number of carbonyl (C=O) groups is 2. The van der Waals surface area contributed by atoms with Gasteiger partial charge in [-0.15, -0.1) is 0 Å². The highest BCUT2D eigenvalue weighted by Gasteiger charge is 2.10. The van der Waals surface area contributed by atoms with Crippen LogP contribution >= 0.6 is 0 Å². The number of hydrogen-bond acceptors (Lipinski definition) is 4. The number of hydrogen-bond donors (Lipinski definition) is 2. The largest absolute Gasteiger partial charge is 0.495 e. The molecular weight excluding hydrogens is 274 g/mol. The van der Waals surface area contributed by atoms with Crippen LogP contribution in [0.2, 0.25) is 0 Å². The Hall–Kier alpha value is -3.02. The first-order valence-electron chi connectivity index (χ1n) is 6.04. The zero-order chi connectivity index (χ0) is 15.2. The Kier molecular flexibility index (Phi) is 4.40. The molecule has 0 saturated carbocycles. The number of benzene rings is 1. The molecule has 21 heavy (non-hydrogen) atoms. The maximum Gasteiger partial charge on any atom is 0.335 e. The fourth-order valence-corrected chi connectivity index (χ4v) is 1.66. The summed E-state index contributed by atoms with van der Waals surface area (Å²) in [7, 11) is 1.43. The van der Waals surface area contributed by atoms with E-state index < -0.39 is 11.9 Å². The van der Waals surface area contributed by atoms with E-state index in [1.807, 2.05) is 0 Å². The molecule has 0 spiro atoms. The van der Waals surface area contributed by atoms with Crippen LogP contribution in [0.4, 0.5) is 5.69 Å². The highest BCUT2D eigenvalue weighted by Crippen LogP contribution is 2.25. The minimum atomic E-state index is -1.08. The first-order chi connectivity index (χ1) is 10.1. The first-order valence-corrected chi connectivity index (χ1v) is 6.04. The van der Waals surface area contributed by atoms with Gasteiger partial charge in [-0.05, 0) is 36.4 Å². The van der Waals surface area contributed by atoms with Crippen molar-refractivity contribution in [2.75, 3.05) is 12.4 Å². The molecule has 2 rings (SSSR count). The van der Waals surface area contributed by atoms with E-state index >= 15 is 0 Å². The number of carbonyl (C=O) groups excluding carboxylic acids is 1. The van der Waals surface area contributed by atoms with Crippen molar-refractivity contribution in [3.8, 4) is 5.75 Å². The number of methoxy groups -OCH3 is 1. The molecule has 6 nitrogen and oxygen atoms in total. The Bertz CT molecular complexity index is 673. The predicted octanol–water partition coefficient (Wildman–Crippen LogP) is 2.64. The molecule has 2 aromatic rings. The molecule has 0 radical (unpaired) electrons. The standard InChI is InChI=1S/C15H13NO5/c1-20-13-6-4-10(15(18)19)9-12(13)16-14(17)7-5-11-3-2-8-21-11/h2-9H,1H3,(H,16,17)(H,18,19)/b7-5+. The summed E-state index contributed by atoms with van der Waals surface area (Å²) >= 11 is 0. The Morgan fingerprint density at radius 1 is 1.33 bits per heavy atom. The van der Waals surface area contributed by atoms with Gasteiger partial charge in [0.2, 0.25) is 5.91 Å². The summed E-state index contributed by atoms with van der Waals surface area (Å²) in [4.78, 5) is 22.8. The molecule has 0 aliphatic carbocycles. The summed E-state index contributed by atoms with van der Waals surface area (Å²) in [5.41, 5.74) is 0.340. The van der Waals surface area contributed by atoms with Crippen LogP contribution in [0.3, 0.4) is 0 Å². The number of carboxylic acids is 1. The van der Waals surface area contributed by atoms with Gasteiger partial charge in [0, 0.05) is 6.08 Å². The van der Waals surface area contributed by atoms with Crippen LogP contribution in [0, 0.1) is 0 Å². The van der Waals surface area contributed by atoms with Gasteiger partial charge in [0.05, 0.1) is 24.6 Å². The van der Waals surface area contributed by atoms with E-state index in [1.165, 1.54) is 43.7 Å². The van der Waals surface area contributed by atoms with Crippen molar-refractivity contribution in [2.24, 2.45) is 0 Å². The van der Waals surface area contributed by atoms with Gasteiger partial charge in [0.1, 0.15) is 11.5 Å². The third-order valence-electron chi connectivity index (χ3n) is 2.65. The number of ether oxygens (including phenoxy) is 1. The number of amides is 1. The van der Waals surface area contributed by atoms with Crippen LogP contribution < -0.4 is 10.1 Å². The number of carboxylic acid groups (broad SMARTS) is 1. The number of aromatic carboxylic acids is 1. The molecule has 1 heterocycles. The Labute approximate surface area is 120 Å². The first kappa shape index (κ1) is 14.4. The summed E-state index contributed by atoms with van der Waals surface area (Å²) in [6, 6.07) is 7.62. The Morgan fingerprint density at radius 3 is 2.76 bits per heavy atom. The number of nitrogens with one attached hydrogen (secondary N) is 1. The van der Waals surface area contributed by atoms with Gasteiger partial charge in [-0.1, -0.05) is 0 Å². The van der Waals surface area contributed by atoms with Gasteiger partial charge in [-0.25, -0.2) is 4.79 Å². The molecule has 6 heteroatoms. The number of furan rings is 1. The predicted molar refractivity (Wildman–Crippen MR) is 76.3 cm³/mol. The smallest absolute Gasteiger partial charge is 0.335 e. The van der Waals surface area contributed by atoms with E-state index in [0.717, 1.165) is 0 Å². The van der Waals surface area contributed by atoms with E-state index in [-0.39, 0.29) is 11.3 Å². The summed E-state index contributed by atoms with van der Waals surface area (Å²) < 4.78 is 10.1. The van der Waals surface area contributed by atoms with Gasteiger partial charge in [-0.2, -0.15) is 0 Å². The highest BCUT2D eigenvalue weighted by atomic mass is 16.5. The second-order valence-electron chi connectivity index (χ2n) is 4.06. The molecular formula is C15H13NO5. The van der Waals surface area contributed by atoms with E-state index in [9.17, 15) is 9.59 Å². The normalized spacial score (nSPS) is 10.5. The SMILES string of the molecule is COc1ccc(C(=O)O)cc1NC(=O)/C=C/c1ccco1. The molecule has 0 fully saturated rings. The van der Waals surface area contributed by atoms with Crippen LogP contribution in [0.25, 0.3) is 6.08 Å². The van der Waals surface area contributed by atoms with Gasteiger partial charge in [-0.3, -0.25) is 4.79 Å². The Balaban J connectivity index is 2.15. The minimum absolute atomic E-state index is 0.0566. The van der Waals surface area contributed by atoms with Crippen molar-refractivity contribution in [2.45, 2.75) is 0 Å². The monoisotopic (exact) mass is 287 g/mol. The van der Waals surface area contributed by atoms with Gasteiger partial charge >= 0.3 is 5.97 Å². The summed E-state index contributed by atoms with van der Waals surface area (Å²) in [6.45, 7) is 0. The third-order valence-corrected chi connectivity index (χ3v) is 2.65. The molecule has 0 atom stereocenters. The van der Waals surface area contributed by atoms with Gasteiger partial charge in [0.25, 0.3) is 0 Å². The number of rotatable bonds is 5. The van der Waals surface area contributed by atoms with Crippen molar-refractivity contribution in [3.05, 3.63) is 54.0 Å². The maximum absolute atomic E-state index is 11.8. The van der Waals surface area contributed by atoms with Gasteiger partial charge < -0.3 is 19.6 Å². The van der Waals surface area contributed by atoms with E-state index in [2.05, 4.69) is 5.32 Å². The molecule has 1 aromatic carbocycles. The van der Waals surface area contributed by atoms with E-state index in [4.69, 9.17) is 14.3 Å². The molecule has 2 N–H and O–H groups in total. The average Bonchev–Trinajstić information content (AvgIpc) is 2.98. The van der Waals surface area contributed by atoms with E-state index in [0.29, 0.717) is 11.5 Å².